The Balaban J connectivity index is 2.71. The second-order valence-corrected chi connectivity index (χ2v) is 7.20. The van der Waals surface area contributed by atoms with Crippen LogP contribution in [0.25, 0.3) is 0 Å². The molecule has 0 bridgehead atoms. The molecule has 0 heterocycles. The molecule has 1 aromatic rings. The van der Waals surface area contributed by atoms with E-state index in [1.54, 1.807) is 24.3 Å². The van der Waals surface area contributed by atoms with Gasteiger partial charge in [-0.25, -0.2) is 8.42 Å². The molecule has 1 rings (SSSR count). The third-order valence-corrected chi connectivity index (χ3v) is 4.79. The van der Waals surface area contributed by atoms with E-state index in [9.17, 15) is 18.0 Å². The molecule has 110 valence electrons. The molecular weight excluding hydrogens is 276 g/mol. The summed E-state index contributed by atoms with van der Waals surface area (Å²) in [5.74, 6) is -1.06. The molecule has 0 aliphatic carbocycles. The number of ketones is 2. The molecule has 5 heteroatoms. The fourth-order valence-corrected chi connectivity index (χ4v) is 3.81. The van der Waals surface area contributed by atoms with Crippen molar-refractivity contribution in [2.45, 2.75) is 32.4 Å². The lowest BCUT2D eigenvalue weighted by Crippen LogP contribution is -2.24. The Labute approximate surface area is 120 Å². The minimum Gasteiger partial charge on any atom is -0.300 e. The molecule has 1 aromatic carbocycles. The Bertz CT molecular complexity index is 561. The third-order valence-electron chi connectivity index (χ3n) is 3.10. The maximum Gasteiger partial charge on any atom is 0.155 e. The number of hydrogen-bond acceptors (Lipinski definition) is 4. The fraction of sp³-hybridized carbons (Fsp3) is 0.467. The summed E-state index contributed by atoms with van der Waals surface area (Å²) in [7, 11) is -3.36. The lowest BCUT2D eigenvalue weighted by atomic mass is 10.0. The van der Waals surface area contributed by atoms with E-state index in [2.05, 4.69) is 0 Å². The van der Waals surface area contributed by atoms with Gasteiger partial charge in [0.25, 0.3) is 0 Å². The number of carbonyl (C=O) groups is 2. The lowest BCUT2D eigenvalue weighted by molar-refractivity contribution is -0.121. The Kier molecular flexibility index (Phi) is 6.07. The van der Waals surface area contributed by atoms with Gasteiger partial charge in [-0.15, -0.1) is 0 Å². The minimum atomic E-state index is -3.36. The first-order valence-electron chi connectivity index (χ1n) is 6.54. The number of sulfone groups is 1. The van der Waals surface area contributed by atoms with E-state index < -0.39 is 15.8 Å². The first-order chi connectivity index (χ1) is 9.30. The van der Waals surface area contributed by atoms with Crippen LogP contribution in [-0.4, -0.2) is 25.7 Å². The predicted octanol–water partition coefficient (Wildman–Crippen LogP) is 2.18. The highest BCUT2D eigenvalue weighted by Crippen LogP contribution is 2.15. The highest BCUT2D eigenvalue weighted by Gasteiger charge is 2.23. The number of rotatable bonds is 8. The van der Waals surface area contributed by atoms with Crippen LogP contribution in [-0.2, 0) is 25.2 Å². The SMILES string of the molecule is CC(=O)CCC(CS(=O)(=O)Cc1ccccc1)C(C)=O. The molecule has 0 spiro atoms. The summed E-state index contributed by atoms with van der Waals surface area (Å²) in [6.45, 7) is 2.82. The van der Waals surface area contributed by atoms with Crippen LogP contribution in [0.1, 0.15) is 32.3 Å². The van der Waals surface area contributed by atoms with Gasteiger partial charge in [-0.1, -0.05) is 30.3 Å². The van der Waals surface area contributed by atoms with Crippen LogP contribution in [0.15, 0.2) is 30.3 Å². The second-order valence-electron chi connectivity index (χ2n) is 5.09. The van der Waals surface area contributed by atoms with Crippen LogP contribution in [0.5, 0.6) is 0 Å². The third kappa shape index (κ3) is 6.10. The van der Waals surface area contributed by atoms with Gasteiger partial charge in [-0.2, -0.15) is 0 Å². The Morgan fingerprint density at radius 3 is 2.20 bits per heavy atom. The van der Waals surface area contributed by atoms with Crippen LogP contribution in [0.3, 0.4) is 0 Å². The summed E-state index contributed by atoms with van der Waals surface area (Å²) in [4.78, 5) is 22.5. The summed E-state index contributed by atoms with van der Waals surface area (Å²) in [5.41, 5.74) is 0.710. The van der Waals surface area contributed by atoms with Crippen LogP contribution >= 0.6 is 0 Å². The van der Waals surface area contributed by atoms with Crippen molar-refractivity contribution in [2.75, 3.05) is 5.75 Å². The van der Waals surface area contributed by atoms with E-state index in [4.69, 9.17) is 0 Å². The molecule has 0 amide bonds. The fourth-order valence-electron chi connectivity index (χ4n) is 1.98. The van der Waals surface area contributed by atoms with E-state index >= 15 is 0 Å². The molecule has 0 N–H and O–H groups in total. The molecule has 1 atom stereocenters. The van der Waals surface area contributed by atoms with E-state index in [-0.39, 0.29) is 29.5 Å². The van der Waals surface area contributed by atoms with E-state index in [0.29, 0.717) is 12.0 Å². The molecule has 0 fully saturated rings. The maximum absolute atomic E-state index is 12.1. The van der Waals surface area contributed by atoms with Crippen molar-refractivity contribution >= 4 is 21.4 Å². The summed E-state index contributed by atoms with van der Waals surface area (Å²) >= 11 is 0. The van der Waals surface area contributed by atoms with Gasteiger partial charge < -0.3 is 4.79 Å². The topological polar surface area (TPSA) is 68.3 Å². The minimum absolute atomic E-state index is 0.0308. The van der Waals surface area contributed by atoms with Crippen molar-refractivity contribution in [3.8, 4) is 0 Å². The molecule has 0 aliphatic rings. The second kappa shape index (κ2) is 7.33. The van der Waals surface area contributed by atoms with Gasteiger partial charge in [0, 0.05) is 12.3 Å². The average molecular weight is 296 g/mol. The molecule has 0 saturated carbocycles. The highest BCUT2D eigenvalue weighted by atomic mass is 32.2. The number of carbonyl (C=O) groups excluding carboxylic acids is 2. The quantitative estimate of drug-likeness (QED) is 0.737. The smallest absolute Gasteiger partial charge is 0.155 e. The van der Waals surface area contributed by atoms with Gasteiger partial charge in [0.1, 0.15) is 11.6 Å². The van der Waals surface area contributed by atoms with Crippen LogP contribution < -0.4 is 0 Å². The first kappa shape index (κ1) is 16.6. The molecule has 0 aliphatic heterocycles. The van der Waals surface area contributed by atoms with Gasteiger partial charge >= 0.3 is 0 Å². The van der Waals surface area contributed by atoms with E-state index in [0.717, 1.165) is 0 Å². The standard InChI is InChI=1S/C15H20O4S/c1-12(16)8-9-15(13(2)17)11-20(18,19)10-14-6-4-3-5-7-14/h3-7,15H,8-11H2,1-2H3. The summed E-state index contributed by atoms with van der Waals surface area (Å²) in [6.07, 6.45) is 0.545. The van der Waals surface area contributed by atoms with Crippen molar-refractivity contribution in [1.82, 2.24) is 0 Å². The largest absolute Gasteiger partial charge is 0.300 e. The highest BCUT2D eigenvalue weighted by molar-refractivity contribution is 7.90. The zero-order chi connectivity index (χ0) is 15.2. The number of hydrogen-bond donors (Lipinski definition) is 0. The molecule has 20 heavy (non-hydrogen) atoms. The van der Waals surface area contributed by atoms with Crippen LogP contribution in [0.2, 0.25) is 0 Å². The summed E-state index contributed by atoms with van der Waals surface area (Å²) in [5, 5.41) is 0. The molecule has 0 radical (unpaired) electrons. The Morgan fingerprint density at radius 1 is 1.10 bits per heavy atom. The van der Waals surface area contributed by atoms with Crippen molar-refractivity contribution in [1.29, 1.82) is 0 Å². The van der Waals surface area contributed by atoms with Crippen molar-refractivity contribution in [2.24, 2.45) is 5.92 Å². The zero-order valence-corrected chi connectivity index (χ0v) is 12.7. The Morgan fingerprint density at radius 2 is 1.70 bits per heavy atom. The van der Waals surface area contributed by atoms with Gasteiger partial charge in [-0.05, 0) is 25.8 Å². The molecule has 1 unspecified atom stereocenters. The number of Topliss-reactive ketones (excluding diaryl/α,β-unsaturated/α-hetero) is 2. The maximum atomic E-state index is 12.1. The Hall–Kier alpha value is -1.49. The summed E-state index contributed by atoms with van der Waals surface area (Å²) in [6, 6.07) is 8.87. The van der Waals surface area contributed by atoms with Gasteiger partial charge in [-0.3, -0.25) is 4.79 Å². The van der Waals surface area contributed by atoms with Crippen molar-refractivity contribution in [3.05, 3.63) is 35.9 Å². The van der Waals surface area contributed by atoms with Crippen molar-refractivity contribution < 1.29 is 18.0 Å². The summed E-state index contributed by atoms with van der Waals surface area (Å²) < 4.78 is 24.2. The first-order valence-corrected chi connectivity index (χ1v) is 8.36. The van der Waals surface area contributed by atoms with Gasteiger partial charge in [0.15, 0.2) is 9.84 Å². The van der Waals surface area contributed by atoms with Crippen LogP contribution in [0.4, 0.5) is 0 Å². The molecule has 4 nitrogen and oxygen atoms in total. The van der Waals surface area contributed by atoms with Crippen LogP contribution in [0, 0.1) is 5.92 Å². The average Bonchev–Trinajstić information content (AvgIpc) is 2.34. The zero-order valence-electron chi connectivity index (χ0n) is 11.8. The van der Waals surface area contributed by atoms with E-state index in [1.807, 2.05) is 6.07 Å². The molecule has 0 saturated heterocycles. The number of benzene rings is 1. The van der Waals surface area contributed by atoms with E-state index in [1.165, 1.54) is 13.8 Å². The lowest BCUT2D eigenvalue weighted by Gasteiger charge is -2.13. The van der Waals surface area contributed by atoms with Gasteiger partial charge in [0.2, 0.25) is 0 Å². The molecule has 0 aromatic heterocycles. The molecular formula is C15H20O4S. The predicted molar refractivity (Wildman–Crippen MR) is 78.0 cm³/mol. The monoisotopic (exact) mass is 296 g/mol. The normalized spacial score (nSPS) is 12.9. The van der Waals surface area contributed by atoms with Crippen molar-refractivity contribution in [3.63, 3.8) is 0 Å². The van der Waals surface area contributed by atoms with Gasteiger partial charge in [0.05, 0.1) is 11.5 Å².